The highest BCUT2D eigenvalue weighted by Crippen LogP contribution is 2.36. The molecule has 0 amide bonds. The van der Waals surface area contributed by atoms with Crippen LogP contribution in [0.4, 0.5) is 0 Å². The van der Waals surface area contributed by atoms with Gasteiger partial charge in [0.1, 0.15) is 10.6 Å². The highest BCUT2D eigenvalue weighted by molar-refractivity contribution is 7.89. The van der Waals surface area contributed by atoms with Gasteiger partial charge in [-0.05, 0) is 50.5 Å². The van der Waals surface area contributed by atoms with Gasteiger partial charge >= 0.3 is 0 Å². The van der Waals surface area contributed by atoms with Crippen molar-refractivity contribution in [3.05, 3.63) is 40.7 Å². The Labute approximate surface area is 136 Å². The fourth-order valence-electron chi connectivity index (χ4n) is 3.26. The Hall–Kier alpha value is -1.86. The van der Waals surface area contributed by atoms with Gasteiger partial charge in [0.05, 0.1) is 18.5 Å². The van der Waals surface area contributed by atoms with Gasteiger partial charge in [-0.1, -0.05) is 6.07 Å². The first kappa shape index (κ1) is 16.0. The summed E-state index contributed by atoms with van der Waals surface area (Å²) < 4.78 is 33.0. The third-order valence-corrected chi connectivity index (χ3v) is 6.70. The van der Waals surface area contributed by atoms with Crippen molar-refractivity contribution in [1.29, 1.82) is 0 Å². The summed E-state index contributed by atoms with van der Waals surface area (Å²) in [5, 5.41) is 6.78. The van der Waals surface area contributed by atoms with Crippen LogP contribution >= 0.6 is 0 Å². The van der Waals surface area contributed by atoms with E-state index < -0.39 is 10.0 Å². The molecule has 1 aliphatic rings. The maximum absolute atomic E-state index is 13.1. The minimum Gasteiger partial charge on any atom is -0.497 e. The second kappa shape index (κ2) is 5.65. The molecule has 1 aromatic heterocycles. The molecule has 0 fully saturated rings. The third-order valence-electron chi connectivity index (χ3n) is 4.46. The lowest BCUT2D eigenvalue weighted by molar-refractivity contribution is 0.324. The van der Waals surface area contributed by atoms with Gasteiger partial charge in [0.2, 0.25) is 10.0 Å². The van der Waals surface area contributed by atoms with E-state index in [0.717, 1.165) is 11.3 Å². The summed E-state index contributed by atoms with van der Waals surface area (Å²) in [4.78, 5) is 0.288. The van der Waals surface area contributed by atoms with Crippen molar-refractivity contribution in [3.8, 4) is 5.75 Å². The number of hydrogen-bond donors (Lipinski definition) is 1. The quantitative estimate of drug-likeness (QED) is 0.934. The predicted octanol–water partition coefficient (Wildman–Crippen LogP) is 2.34. The fourth-order valence-corrected chi connectivity index (χ4v) is 5.21. The topological polar surface area (TPSA) is 75.3 Å². The van der Waals surface area contributed by atoms with Crippen molar-refractivity contribution < 1.29 is 13.2 Å². The molecular weight excluding hydrogens is 314 g/mol. The molecule has 0 saturated heterocycles. The highest BCUT2D eigenvalue weighted by Gasteiger charge is 2.36. The molecule has 3 rings (SSSR count). The molecule has 0 bridgehead atoms. The zero-order chi connectivity index (χ0) is 16.8. The molecule has 2 heterocycles. The first-order chi connectivity index (χ1) is 10.9. The number of nitrogens with zero attached hydrogens (tertiary/aromatic N) is 2. The summed E-state index contributed by atoms with van der Waals surface area (Å²) >= 11 is 0. The number of ether oxygens (including phenoxy) is 1. The summed E-state index contributed by atoms with van der Waals surface area (Å²) in [6.07, 6.45) is 0.693. The molecule has 1 aromatic carbocycles. The van der Waals surface area contributed by atoms with Crippen LogP contribution in [0.5, 0.6) is 5.75 Å². The van der Waals surface area contributed by atoms with Gasteiger partial charge < -0.3 is 4.74 Å². The minimum atomic E-state index is -3.59. The van der Waals surface area contributed by atoms with Crippen LogP contribution in [0.1, 0.15) is 35.5 Å². The average molecular weight is 335 g/mol. The van der Waals surface area contributed by atoms with E-state index in [1.807, 2.05) is 25.1 Å². The summed E-state index contributed by atoms with van der Waals surface area (Å²) in [6.45, 7) is 5.83. The zero-order valence-corrected chi connectivity index (χ0v) is 14.6. The van der Waals surface area contributed by atoms with Crippen LogP contribution in [-0.4, -0.2) is 36.6 Å². The molecule has 0 saturated carbocycles. The second-order valence-corrected chi connectivity index (χ2v) is 7.70. The Morgan fingerprint density at radius 1 is 1.35 bits per heavy atom. The Kier molecular flexibility index (Phi) is 3.93. The molecule has 0 aliphatic carbocycles. The average Bonchev–Trinajstić information content (AvgIpc) is 2.86. The smallest absolute Gasteiger partial charge is 0.247 e. The number of hydrogen-bond acceptors (Lipinski definition) is 4. The van der Waals surface area contributed by atoms with Gasteiger partial charge in [-0.25, -0.2) is 8.42 Å². The third kappa shape index (κ3) is 2.53. The molecule has 7 heteroatoms. The molecule has 124 valence electrons. The number of aryl methyl sites for hydroxylation is 2. The SMILES string of the molecule is COc1ccc2c(c1)C(C)N(S(=O)(=O)c1c(C)n[nH]c1C)CC2. The van der Waals surface area contributed by atoms with E-state index in [4.69, 9.17) is 4.74 Å². The van der Waals surface area contributed by atoms with Gasteiger partial charge in [-0.2, -0.15) is 9.40 Å². The molecule has 23 heavy (non-hydrogen) atoms. The molecule has 1 unspecified atom stereocenters. The Morgan fingerprint density at radius 3 is 2.70 bits per heavy atom. The van der Waals surface area contributed by atoms with Crippen LogP contribution in [0.15, 0.2) is 23.1 Å². The number of H-pyrrole nitrogens is 1. The molecule has 1 aliphatic heterocycles. The molecule has 0 spiro atoms. The van der Waals surface area contributed by atoms with E-state index in [9.17, 15) is 8.42 Å². The Bertz CT molecular complexity index is 823. The number of sulfonamides is 1. The van der Waals surface area contributed by atoms with Crippen LogP contribution in [0.2, 0.25) is 0 Å². The number of methoxy groups -OCH3 is 1. The van der Waals surface area contributed by atoms with E-state index in [0.29, 0.717) is 24.4 Å². The number of aromatic amines is 1. The number of aromatic nitrogens is 2. The number of rotatable bonds is 3. The molecule has 0 radical (unpaired) electrons. The second-order valence-electron chi connectivity index (χ2n) is 5.87. The monoisotopic (exact) mass is 335 g/mol. The number of fused-ring (bicyclic) bond motifs is 1. The van der Waals surface area contributed by atoms with Gasteiger partial charge in [-0.15, -0.1) is 0 Å². The molecule has 6 nitrogen and oxygen atoms in total. The Balaban J connectivity index is 2.05. The van der Waals surface area contributed by atoms with Gasteiger partial charge in [0.15, 0.2) is 0 Å². The first-order valence-electron chi connectivity index (χ1n) is 7.56. The molecule has 1 atom stereocenters. The predicted molar refractivity (Wildman–Crippen MR) is 87.1 cm³/mol. The summed E-state index contributed by atoms with van der Waals surface area (Å²) in [5.41, 5.74) is 3.25. The van der Waals surface area contributed by atoms with Crippen molar-refractivity contribution in [2.75, 3.05) is 13.7 Å². The lowest BCUT2D eigenvalue weighted by Gasteiger charge is -2.34. The summed E-state index contributed by atoms with van der Waals surface area (Å²) in [6, 6.07) is 5.62. The number of nitrogens with one attached hydrogen (secondary N) is 1. The van der Waals surface area contributed by atoms with E-state index in [1.165, 1.54) is 5.56 Å². The fraction of sp³-hybridized carbons (Fsp3) is 0.438. The van der Waals surface area contributed by atoms with Crippen molar-refractivity contribution >= 4 is 10.0 Å². The van der Waals surface area contributed by atoms with Crippen LogP contribution in [-0.2, 0) is 16.4 Å². The van der Waals surface area contributed by atoms with Crippen LogP contribution in [0.3, 0.4) is 0 Å². The maximum Gasteiger partial charge on any atom is 0.247 e. The van der Waals surface area contributed by atoms with Crippen molar-refractivity contribution in [2.45, 2.75) is 38.1 Å². The van der Waals surface area contributed by atoms with E-state index in [-0.39, 0.29) is 10.9 Å². The number of benzene rings is 1. The minimum absolute atomic E-state index is 0.243. The normalized spacial score (nSPS) is 18.7. The first-order valence-corrected chi connectivity index (χ1v) is 9.00. The van der Waals surface area contributed by atoms with E-state index in [1.54, 1.807) is 25.3 Å². The van der Waals surface area contributed by atoms with Crippen LogP contribution < -0.4 is 4.74 Å². The van der Waals surface area contributed by atoms with Crippen LogP contribution in [0.25, 0.3) is 0 Å². The standard InChI is InChI=1S/C16H21N3O3S/c1-10-16(11(2)18-17-10)23(20,21)19-8-7-13-5-6-14(22-4)9-15(13)12(19)3/h5-6,9,12H,7-8H2,1-4H3,(H,17,18). The van der Waals surface area contributed by atoms with Crippen LogP contribution in [0, 0.1) is 13.8 Å². The van der Waals surface area contributed by atoms with Gasteiger partial charge in [0, 0.05) is 12.6 Å². The lowest BCUT2D eigenvalue weighted by atomic mass is 9.95. The largest absolute Gasteiger partial charge is 0.497 e. The molecule has 1 N–H and O–H groups in total. The van der Waals surface area contributed by atoms with Crippen molar-refractivity contribution in [3.63, 3.8) is 0 Å². The summed E-state index contributed by atoms with van der Waals surface area (Å²) in [7, 11) is -1.98. The highest BCUT2D eigenvalue weighted by atomic mass is 32.2. The van der Waals surface area contributed by atoms with Gasteiger partial charge in [-0.3, -0.25) is 5.10 Å². The zero-order valence-electron chi connectivity index (χ0n) is 13.8. The van der Waals surface area contributed by atoms with Crippen molar-refractivity contribution in [1.82, 2.24) is 14.5 Å². The summed E-state index contributed by atoms with van der Waals surface area (Å²) in [5.74, 6) is 0.741. The maximum atomic E-state index is 13.1. The van der Waals surface area contributed by atoms with E-state index in [2.05, 4.69) is 10.2 Å². The Morgan fingerprint density at radius 2 is 2.09 bits per heavy atom. The molecule has 2 aromatic rings. The van der Waals surface area contributed by atoms with Crippen molar-refractivity contribution in [2.24, 2.45) is 0 Å². The van der Waals surface area contributed by atoms with Gasteiger partial charge in [0.25, 0.3) is 0 Å². The lowest BCUT2D eigenvalue weighted by Crippen LogP contribution is -2.39. The molecular formula is C16H21N3O3S. The van der Waals surface area contributed by atoms with E-state index >= 15 is 0 Å².